The second kappa shape index (κ2) is 1.42. The third kappa shape index (κ3) is 0.485. The Balaban J connectivity index is 1.97. The van der Waals surface area contributed by atoms with Crippen LogP contribution >= 0.6 is 0 Å². The van der Waals surface area contributed by atoms with Crippen molar-refractivity contribution in [2.24, 2.45) is 0 Å². The van der Waals surface area contributed by atoms with Crippen LogP contribution in [0.3, 0.4) is 0 Å². The molecule has 0 aromatic carbocycles. The molecule has 0 radical (unpaired) electrons. The minimum absolute atomic E-state index is 0.0312. The first-order valence-electron chi connectivity index (χ1n) is 2.88. The molecule has 0 bridgehead atoms. The molecule has 1 aliphatic heterocycles. The summed E-state index contributed by atoms with van der Waals surface area (Å²) < 4.78 is 17.3. The van der Waals surface area contributed by atoms with E-state index in [9.17, 15) is 4.39 Å². The zero-order chi connectivity index (χ0) is 5.56. The fraction of sp³-hybridized carbons (Fsp3) is 1.00. The molecule has 1 N–H and O–H groups in total. The molecular formula is C5H8FNO. The number of hydrogen-bond donors (Lipinski definition) is 1. The fourth-order valence-corrected chi connectivity index (χ4v) is 1.09. The van der Waals surface area contributed by atoms with Crippen LogP contribution in [0.5, 0.6) is 0 Å². The van der Waals surface area contributed by atoms with E-state index in [1.165, 1.54) is 0 Å². The van der Waals surface area contributed by atoms with Crippen molar-refractivity contribution in [3.8, 4) is 0 Å². The molecule has 3 heteroatoms. The van der Waals surface area contributed by atoms with E-state index in [0.29, 0.717) is 6.61 Å². The first-order chi connectivity index (χ1) is 3.89. The Morgan fingerprint density at radius 1 is 1.62 bits per heavy atom. The molecule has 46 valence electrons. The predicted molar refractivity (Wildman–Crippen MR) is 26.4 cm³/mol. The van der Waals surface area contributed by atoms with E-state index in [1.807, 2.05) is 0 Å². The van der Waals surface area contributed by atoms with Crippen molar-refractivity contribution in [2.75, 3.05) is 13.2 Å². The predicted octanol–water partition coefficient (Wildman–Crippen LogP) is -0.305. The van der Waals surface area contributed by atoms with Crippen molar-refractivity contribution in [2.45, 2.75) is 18.3 Å². The van der Waals surface area contributed by atoms with Crippen LogP contribution in [0.15, 0.2) is 0 Å². The molecule has 1 saturated carbocycles. The van der Waals surface area contributed by atoms with Gasteiger partial charge in [-0.15, -0.1) is 0 Å². The highest BCUT2D eigenvalue weighted by molar-refractivity contribution is 5.08. The summed E-state index contributed by atoms with van der Waals surface area (Å²) >= 11 is 0. The normalized spacial score (nSPS) is 52.9. The molecule has 0 aromatic rings. The lowest BCUT2D eigenvalue weighted by Gasteiger charge is -2.08. The third-order valence-corrected chi connectivity index (χ3v) is 1.66. The number of fused-ring (bicyclic) bond motifs is 1. The largest absolute Gasteiger partial charge is 0.372 e. The maximum absolute atomic E-state index is 12.3. The molecule has 1 saturated heterocycles. The van der Waals surface area contributed by atoms with Gasteiger partial charge in [0.2, 0.25) is 0 Å². The molecule has 2 rings (SSSR count). The van der Waals surface area contributed by atoms with E-state index < -0.39 is 6.17 Å². The second-order valence-corrected chi connectivity index (χ2v) is 2.26. The van der Waals surface area contributed by atoms with Crippen molar-refractivity contribution in [1.82, 2.24) is 5.32 Å². The Labute approximate surface area is 47.0 Å². The van der Waals surface area contributed by atoms with Crippen molar-refractivity contribution in [3.05, 3.63) is 0 Å². The molecule has 0 spiro atoms. The molecule has 2 nitrogen and oxygen atoms in total. The monoisotopic (exact) mass is 117 g/mol. The number of alkyl halides is 1. The third-order valence-electron chi connectivity index (χ3n) is 1.66. The van der Waals surface area contributed by atoms with Gasteiger partial charge in [0.15, 0.2) is 0 Å². The number of rotatable bonds is 0. The van der Waals surface area contributed by atoms with Crippen LogP contribution in [0.2, 0.25) is 0 Å². The van der Waals surface area contributed by atoms with E-state index in [2.05, 4.69) is 5.32 Å². The summed E-state index contributed by atoms with van der Waals surface area (Å²) in [4.78, 5) is 0. The summed E-state index contributed by atoms with van der Waals surface area (Å²) in [6, 6.07) is 0.0312. The average molecular weight is 117 g/mol. The van der Waals surface area contributed by atoms with Crippen LogP contribution in [0.1, 0.15) is 0 Å². The van der Waals surface area contributed by atoms with Gasteiger partial charge in [-0.25, -0.2) is 4.39 Å². The van der Waals surface area contributed by atoms with Gasteiger partial charge in [-0.2, -0.15) is 0 Å². The van der Waals surface area contributed by atoms with E-state index in [-0.39, 0.29) is 12.1 Å². The molecule has 3 unspecified atom stereocenters. The van der Waals surface area contributed by atoms with Gasteiger partial charge in [0.05, 0.1) is 12.6 Å². The number of morpholine rings is 1. The SMILES string of the molecule is FC1C2NCCOC12. The van der Waals surface area contributed by atoms with Gasteiger partial charge in [-0.1, -0.05) is 0 Å². The first kappa shape index (κ1) is 4.70. The molecular weight excluding hydrogens is 109 g/mol. The zero-order valence-corrected chi connectivity index (χ0v) is 4.43. The Morgan fingerprint density at radius 3 is 3.00 bits per heavy atom. The summed E-state index contributed by atoms with van der Waals surface area (Å²) in [5.41, 5.74) is 0. The molecule has 2 fully saturated rings. The van der Waals surface area contributed by atoms with Gasteiger partial charge < -0.3 is 10.1 Å². The lowest BCUT2D eigenvalue weighted by molar-refractivity contribution is 0.0831. The smallest absolute Gasteiger partial charge is 0.146 e. The highest BCUT2D eigenvalue weighted by Gasteiger charge is 2.53. The average Bonchev–Trinajstić information content (AvgIpc) is 2.46. The molecule has 1 heterocycles. The highest BCUT2D eigenvalue weighted by Crippen LogP contribution is 2.31. The minimum Gasteiger partial charge on any atom is -0.372 e. The molecule has 1 aliphatic carbocycles. The summed E-state index contributed by atoms with van der Waals surface area (Å²) in [7, 11) is 0. The highest BCUT2D eigenvalue weighted by atomic mass is 19.1. The van der Waals surface area contributed by atoms with Crippen LogP contribution in [0, 0.1) is 0 Å². The van der Waals surface area contributed by atoms with Crippen LogP contribution in [0.25, 0.3) is 0 Å². The van der Waals surface area contributed by atoms with E-state index in [0.717, 1.165) is 6.54 Å². The molecule has 0 amide bonds. The molecule has 0 aromatic heterocycles. The quantitative estimate of drug-likeness (QED) is 0.470. The van der Waals surface area contributed by atoms with Crippen LogP contribution < -0.4 is 5.32 Å². The van der Waals surface area contributed by atoms with Gasteiger partial charge in [-0.05, 0) is 0 Å². The molecule has 8 heavy (non-hydrogen) atoms. The van der Waals surface area contributed by atoms with E-state index in [1.54, 1.807) is 0 Å². The Morgan fingerprint density at radius 2 is 2.50 bits per heavy atom. The van der Waals surface area contributed by atoms with E-state index in [4.69, 9.17) is 4.74 Å². The standard InChI is InChI=1S/C5H8FNO/c6-3-4-5(3)8-2-1-7-4/h3-5,7H,1-2H2. The Bertz CT molecular complexity index is 96.6. The lowest BCUT2D eigenvalue weighted by atomic mass is 10.5. The van der Waals surface area contributed by atoms with Crippen LogP contribution in [-0.4, -0.2) is 31.5 Å². The van der Waals surface area contributed by atoms with Gasteiger partial charge in [0.1, 0.15) is 12.3 Å². The maximum atomic E-state index is 12.3. The maximum Gasteiger partial charge on any atom is 0.146 e. The topological polar surface area (TPSA) is 21.3 Å². The Hall–Kier alpha value is -0.150. The number of ether oxygens (including phenoxy) is 1. The van der Waals surface area contributed by atoms with Gasteiger partial charge >= 0.3 is 0 Å². The summed E-state index contributed by atoms with van der Waals surface area (Å²) in [6.07, 6.45) is -0.832. The van der Waals surface area contributed by atoms with Crippen molar-refractivity contribution in [3.63, 3.8) is 0 Å². The first-order valence-corrected chi connectivity index (χ1v) is 2.88. The molecule has 3 atom stereocenters. The van der Waals surface area contributed by atoms with Crippen LogP contribution in [0.4, 0.5) is 4.39 Å². The number of halogens is 1. The summed E-state index contributed by atoms with van der Waals surface area (Å²) in [5.74, 6) is 0. The van der Waals surface area contributed by atoms with Crippen LogP contribution in [-0.2, 0) is 4.74 Å². The van der Waals surface area contributed by atoms with Crippen molar-refractivity contribution >= 4 is 0 Å². The zero-order valence-electron chi connectivity index (χ0n) is 4.43. The Kier molecular flexibility index (Phi) is 0.835. The second-order valence-electron chi connectivity index (χ2n) is 2.26. The van der Waals surface area contributed by atoms with E-state index >= 15 is 0 Å². The number of nitrogens with one attached hydrogen (secondary N) is 1. The van der Waals surface area contributed by atoms with Crippen molar-refractivity contribution in [1.29, 1.82) is 0 Å². The van der Waals surface area contributed by atoms with Gasteiger partial charge in [0, 0.05) is 6.54 Å². The van der Waals surface area contributed by atoms with Gasteiger partial charge in [-0.3, -0.25) is 0 Å². The fourth-order valence-electron chi connectivity index (χ4n) is 1.09. The number of hydrogen-bond acceptors (Lipinski definition) is 2. The van der Waals surface area contributed by atoms with Gasteiger partial charge in [0.25, 0.3) is 0 Å². The van der Waals surface area contributed by atoms with Crippen molar-refractivity contribution < 1.29 is 9.13 Å². The summed E-state index contributed by atoms with van der Waals surface area (Å²) in [6.45, 7) is 1.48. The molecule has 2 aliphatic rings. The summed E-state index contributed by atoms with van der Waals surface area (Å²) in [5, 5.41) is 3.01. The minimum atomic E-state index is -0.725. The lowest BCUT2D eigenvalue weighted by Crippen LogP contribution is -2.30.